The zero-order valence-corrected chi connectivity index (χ0v) is 16.3. The van der Waals surface area contributed by atoms with Gasteiger partial charge in [0.2, 0.25) is 0 Å². The van der Waals surface area contributed by atoms with Gasteiger partial charge in [-0.1, -0.05) is 48.0 Å². The Morgan fingerprint density at radius 2 is 1.69 bits per heavy atom. The van der Waals surface area contributed by atoms with Crippen molar-refractivity contribution in [2.45, 2.75) is 31.7 Å². The van der Waals surface area contributed by atoms with Crippen LogP contribution < -0.4 is 5.56 Å². The Balaban J connectivity index is 1.45. The Morgan fingerprint density at radius 3 is 2.45 bits per heavy atom. The van der Waals surface area contributed by atoms with Crippen LogP contribution >= 0.6 is 0 Å². The maximum absolute atomic E-state index is 13.1. The van der Waals surface area contributed by atoms with Gasteiger partial charge in [0.25, 0.3) is 11.5 Å². The highest BCUT2D eigenvalue weighted by Gasteiger charge is 2.48. The lowest BCUT2D eigenvalue weighted by Crippen LogP contribution is -2.35. The minimum Gasteiger partial charge on any atom is -0.338 e. The van der Waals surface area contributed by atoms with Crippen LogP contribution in [-0.4, -0.2) is 38.7 Å². The van der Waals surface area contributed by atoms with Crippen molar-refractivity contribution in [2.75, 3.05) is 13.1 Å². The van der Waals surface area contributed by atoms with Crippen molar-refractivity contribution in [3.63, 3.8) is 0 Å². The molecule has 0 saturated carbocycles. The Kier molecular flexibility index (Phi) is 4.08. The van der Waals surface area contributed by atoms with Crippen LogP contribution in [0.4, 0.5) is 0 Å². The molecule has 0 bridgehead atoms. The summed E-state index contributed by atoms with van der Waals surface area (Å²) in [4.78, 5) is 27.9. The zero-order chi connectivity index (χ0) is 20.0. The van der Waals surface area contributed by atoms with Crippen LogP contribution in [0.1, 0.15) is 34.6 Å². The largest absolute Gasteiger partial charge is 0.338 e. The smallest absolute Gasteiger partial charge is 0.280 e. The molecule has 1 spiro atoms. The van der Waals surface area contributed by atoms with Gasteiger partial charge in [0, 0.05) is 30.8 Å². The molecular formula is C23H22N4O2. The summed E-state index contributed by atoms with van der Waals surface area (Å²) >= 11 is 0. The van der Waals surface area contributed by atoms with Crippen molar-refractivity contribution in [1.29, 1.82) is 0 Å². The Labute approximate surface area is 168 Å². The van der Waals surface area contributed by atoms with Crippen LogP contribution in [0.2, 0.25) is 0 Å². The maximum Gasteiger partial charge on any atom is 0.280 e. The third-order valence-corrected chi connectivity index (χ3v) is 6.22. The molecular weight excluding hydrogens is 364 g/mol. The van der Waals surface area contributed by atoms with Crippen LogP contribution in [0.25, 0.3) is 11.3 Å². The monoisotopic (exact) mass is 386 g/mol. The maximum atomic E-state index is 13.1. The fourth-order valence-electron chi connectivity index (χ4n) is 4.54. The number of aryl methyl sites for hydroxylation is 1. The van der Waals surface area contributed by atoms with Crippen LogP contribution in [0.15, 0.2) is 59.4 Å². The van der Waals surface area contributed by atoms with E-state index < -0.39 is 0 Å². The summed E-state index contributed by atoms with van der Waals surface area (Å²) in [7, 11) is 0. The molecule has 1 saturated heterocycles. The average Bonchev–Trinajstić information content (AvgIpc) is 3.34. The number of hydrogen-bond acceptors (Lipinski definition) is 4. The predicted octanol–water partition coefficient (Wildman–Crippen LogP) is 2.80. The zero-order valence-electron chi connectivity index (χ0n) is 16.3. The first-order valence-corrected chi connectivity index (χ1v) is 9.97. The fourth-order valence-corrected chi connectivity index (χ4v) is 4.54. The molecule has 3 aromatic rings. The number of amides is 1. The summed E-state index contributed by atoms with van der Waals surface area (Å²) in [5.41, 5.74) is 2.63. The number of rotatable bonds is 2. The van der Waals surface area contributed by atoms with E-state index in [0.29, 0.717) is 30.9 Å². The summed E-state index contributed by atoms with van der Waals surface area (Å²) in [6, 6.07) is 17.1. The fraction of sp³-hybridized carbons (Fsp3) is 0.304. The summed E-state index contributed by atoms with van der Waals surface area (Å²) in [5, 5.41) is 8.77. The number of nitrogens with zero attached hydrogens (tertiary/aromatic N) is 4. The van der Waals surface area contributed by atoms with Gasteiger partial charge in [0.15, 0.2) is 5.69 Å². The van der Waals surface area contributed by atoms with Gasteiger partial charge in [-0.05, 0) is 31.9 Å². The summed E-state index contributed by atoms with van der Waals surface area (Å²) in [6.07, 6.45) is 1.62. The second-order valence-corrected chi connectivity index (χ2v) is 8.07. The van der Waals surface area contributed by atoms with Crippen LogP contribution in [0.5, 0.6) is 0 Å². The van der Waals surface area contributed by atoms with E-state index in [4.69, 9.17) is 0 Å². The van der Waals surface area contributed by atoms with Gasteiger partial charge in [-0.25, -0.2) is 0 Å². The standard InChI is InChI=1S/C23H22N4O2/c1-16-7-9-18(10-8-16)20(28)26-13-11-23(15-26)12-14-27-21(29)19(24-25-22(23)27)17-5-3-2-4-6-17/h2-10H,11-15H2,1H3. The van der Waals surface area contributed by atoms with Crippen LogP contribution in [-0.2, 0) is 12.0 Å². The molecule has 0 aliphatic carbocycles. The van der Waals surface area contributed by atoms with Crippen molar-refractivity contribution in [3.8, 4) is 11.3 Å². The van der Waals surface area contributed by atoms with E-state index in [2.05, 4.69) is 10.2 Å². The van der Waals surface area contributed by atoms with Gasteiger partial charge in [-0.15, -0.1) is 10.2 Å². The van der Waals surface area contributed by atoms with Gasteiger partial charge in [-0.3, -0.25) is 14.2 Å². The van der Waals surface area contributed by atoms with E-state index in [0.717, 1.165) is 29.8 Å². The molecule has 3 heterocycles. The summed E-state index contributed by atoms with van der Waals surface area (Å²) in [6.45, 7) is 3.88. The lowest BCUT2D eigenvalue weighted by atomic mass is 9.85. The molecule has 1 atom stereocenters. The number of hydrogen-bond donors (Lipinski definition) is 0. The van der Waals surface area contributed by atoms with Crippen molar-refractivity contribution in [1.82, 2.24) is 19.7 Å². The molecule has 6 heteroatoms. The topological polar surface area (TPSA) is 68.1 Å². The number of benzene rings is 2. The van der Waals surface area contributed by atoms with Gasteiger partial charge >= 0.3 is 0 Å². The van der Waals surface area contributed by atoms with E-state index in [1.165, 1.54) is 0 Å². The highest BCUT2D eigenvalue weighted by atomic mass is 16.2. The van der Waals surface area contributed by atoms with E-state index in [9.17, 15) is 9.59 Å². The van der Waals surface area contributed by atoms with Crippen molar-refractivity contribution in [2.24, 2.45) is 0 Å². The van der Waals surface area contributed by atoms with Gasteiger partial charge < -0.3 is 4.90 Å². The first kappa shape index (κ1) is 17.8. The summed E-state index contributed by atoms with van der Waals surface area (Å²) in [5.74, 6) is 0.762. The molecule has 6 nitrogen and oxygen atoms in total. The summed E-state index contributed by atoms with van der Waals surface area (Å²) < 4.78 is 1.76. The second-order valence-electron chi connectivity index (χ2n) is 8.07. The molecule has 0 radical (unpaired) electrons. The minimum absolute atomic E-state index is 0.0385. The van der Waals surface area contributed by atoms with E-state index in [1.54, 1.807) is 4.57 Å². The first-order valence-electron chi connectivity index (χ1n) is 9.97. The molecule has 1 amide bonds. The van der Waals surface area contributed by atoms with Crippen molar-refractivity contribution >= 4 is 5.91 Å². The van der Waals surface area contributed by atoms with E-state index in [1.807, 2.05) is 66.4 Å². The molecule has 0 N–H and O–H groups in total. The minimum atomic E-state index is -0.276. The normalized spacial score (nSPS) is 20.2. The first-order chi connectivity index (χ1) is 14.1. The van der Waals surface area contributed by atoms with Gasteiger partial charge in [0.05, 0.1) is 5.41 Å². The molecule has 5 rings (SSSR count). The van der Waals surface area contributed by atoms with E-state index >= 15 is 0 Å². The molecule has 2 aliphatic rings. The number of carbonyl (C=O) groups excluding carboxylic acids is 1. The highest BCUT2D eigenvalue weighted by Crippen LogP contribution is 2.41. The third kappa shape index (κ3) is 2.87. The van der Waals surface area contributed by atoms with Crippen LogP contribution in [0, 0.1) is 6.92 Å². The van der Waals surface area contributed by atoms with Crippen molar-refractivity contribution < 1.29 is 4.79 Å². The third-order valence-electron chi connectivity index (χ3n) is 6.22. The molecule has 1 aromatic heterocycles. The Hall–Kier alpha value is -3.28. The van der Waals surface area contributed by atoms with E-state index in [-0.39, 0.29) is 16.9 Å². The lowest BCUT2D eigenvalue weighted by Gasteiger charge is -2.23. The molecule has 2 aromatic carbocycles. The average molecular weight is 386 g/mol. The molecule has 2 aliphatic heterocycles. The SMILES string of the molecule is Cc1ccc(C(=O)N2CCC3(CCn4c3nnc(-c3ccccc3)c4=O)C2)cc1. The second kappa shape index (κ2) is 6.65. The molecule has 1 fully saturated rings. The van der Waals surface area contributed by atoms with Gasteiger partial charge in [-0.2, -0.15) is 0 Å². The van der Waals surface area contributed by atoms with Gasteiger partial charge in [0.1, 0.15) is 5.82 Å². The lowest BCUT2D eigenvalue weighted by molar-refractivity contribution is 0.0783. The predicted molar refractivity (Wildman–Crippen MR) is 110 cm³/mol. The number of fused-ring (bicyclic) bond motifs is 2. The number of carbonyl (C=O) groups is 1. The highest BCUT2D eigenvalue weighted by molar-refractivity contribution is 5.94. The molecule has 146 valence electrons. The quantitative estimate of drug-likeness (QED) is 0.679. The molecule has 1 unspecified atom stereocenters. The van der Waals surface area contributed by atoms with Crippen LogP contribution in [0.3, 0.4) is 0 Å². The number of likely N-dealkylation sites (tertiary alicyclic amines) is 1. The molecule has 29 heavy (non-hydrogen) atoms. The Morgan fingerprint density at radius 1 is 0.966 bits per heavy atom. The van der Waals surface area contributed by atoms with Crippen molar-refractivity contribution in [3.05, 3.63) is 81.9 Å². The number of aromatic nitrogens is 3. The Bertz CT molecular complexity index is 1140.